The predicted octanol–water partition coefficient (Wildman–Crippen LogP) is 3.76. The molecule has 2 heterocycles. The molecule has 0 spiro atoms. The van der Waals surface area contributed by atoms with E-state index in [0.29, 0.717) is 18.1 Å². The molecule has 0 bridgehead atoms. The van der Waals surface area contributed by atoms with Crippen LogP contribution in [0, 0.1) is 5.92 Å². The van der Waals surface area contributed by atoms with Crippen LogP contribution >= 0.6 is 11.6 Å². The number of imidazole rings is 1. The molecule has 1 fully saturated rings. The summed E-state index contributed by atoms with van der Waals surface area (Å²) in [5.41, 5.74) is 2.76. The molecule has 4 rings (SSSR count). The number of para-hydroxylation sites is 1. The highest BCUT2D eigenvalue weighted by Crippen LogP contribution is 2.25. The van der Waals surface area contributed by atoms with Crippen LogP contribution in [0.15, 0.2) is 42.5 Å². The second-order valence-corrected chi connectivity index (χ2v) is 7.47. The molecule has 2 N–H and O–H groups in total. The fourth-order valence-electron chi connectivity index (χ4n) is 3.68. The predicted molar refractivity (Wildman–Crippen MR) is 111 cm³/mol. The molecular weight excluding hydrogens is 376 g/mol. The summed E-state index contributed by atoms with van der Waals surface area (Å²) in [6.07, 6.45) is 1.82. The van der Waals surface area contributed by atoms with Crippen LogP contribution in [0.25, 0.3) is 11.0 Å². The molecule has 2 aromatic carbocycles. The lowest BCUT2D eigenvalue weighted by molar-refractivity contribution is -0.125. The molecule has 28 heavy (non-hydrogen) atoms. The van der Waals surface area contributed by atoms with Gasteiger partial charge in [-0.15, -0.1) is 0 Å². The topological polar surface area (TPSA) is 70.2 Å². The second kappa shape index (κ2) is 8.10. The van der Waals surface area contributed by atoms with Gasteiger partial charge in [-0.05, 0) is 37.1 Å². The van der Waals surface area contributed by atoms with Gasteiger partial charge in [0.05, 0.1) is 24.1 Å². The molecule has 0 radical (unpaired) electrons. The number of aromatic amines is 1. The molecule has 146 valence electrons. The van der Waals surface area contributed by atoms with E-state index in [1.807, 2.05) is 42.5 Å². The maximum atomic E-state index is 12.7. The summed E-state index contributed by atoms with van der Waals surface area (Å²) in [4.78, 5) is 22.9. The van der Waals surface area contributed by atoms with E-state index >= 15 is 0 Å². The molecule has 1 aliphatic rings. The Morgan fingerprint density at radius 2 is 2.21 bits per heavy atom. The van der Waals surface area contributed by atoms with Gasteiger partial charge in [0, 0.05) is 30.2 Å². The molecule has 1 aromatic heterocycles. The third-order valence-corrected chi connectivity index (χ3v) is 5.40. The highest BCUT2D eigenvalue weighted by atomic mass is 35.5. The van der Waals surface area contributed by atoms with Crippen LogP contribution in [-0.4, -0.2) is 36.1 Å². The molecule has 0 unspecified atom stereocenters. The number of hydrogen-bond acceptors (Lipinski definition) is 4. The number of methoxy groups -OCH3 is 1. The molecule has 1 amide bonds. The van der Waals surface area contributed by atoms with Gasteiger partial charge in [-0.1, -0.05) is 29.8 Å². The molecule has 1 atom stereocenters. The molecular formula is C21H23ClN4O2. The summed E-state index contributed by atoms with van der Waals surface area (Å²) in [7, 11) is 1.64. The van der Waals surface area contributed by atoms with Crippen LogP contribution in [0.2, 0.25) is 5.02 Å². The molecule has 3 aromatic rings. The lowest BCUT2D eigenvalue weighted by Crippen LogP contribution is -2.43. The monoisotopic (exact) mass is 398 g/mol. The Labute approximate surface area is 168 Å². The van der Waals surface area contributed by atoms with E-state index in [4.69, 9.17) is 16.3 Å². The zero-order valence-corrected chi connectivity index (χ0v) is 16.5. The van der Waals surface area contributed by atoms with E-state index in [0.717, 1.165) is 47.7 Å². The van der Waals surface area contributed by atoms with Crippen molar-refractivity contribution in [3.05, 3.63) is 53.1 Å². The number of carbonyl (C=O) groups is 1. The van der Waals surface area contributed by atoms with Gasteiger partial charge in [0.25, 0.3) is 0 Å². The lowest BCUT2D eigenvalue weighted by Gasteiger charge is -2.31. The Kier molecular flexibility index (Phi) is 5.39. The quantitative estimate of drug-likeness (QED) is 0.686. The zero-order valence-electron chi connectivity index (χ0n) is 15.7. The van der Waals surface area contributed by atoms with Crippen LogP contribution < -0.4 is 15.0 Å². The average molecular weight is 399 g/mol. The number of ether oxygens (including phenoxy) is 1. The number of benzene rings is 2. The molecule has 7 heteroatoms. The van der Waals surface area contributed by atoms with Gasteiger partial charge in [-0.3, -0.25) is 4.79 Å². The summed E-state index contributed by atoms with van der Waals surface area (Å²) >= 11 is 6.06. The van der Waals surface area contributed by atoms with Crippen molar-refractivity contribution in [1.29, 1.82) is 0 Å². The number of anilines is 1. The van der Waals surface area contributed by atoms with Crippen LogP contribution in [0.4, 0.5) is 5.95 Å². The van der Waals surface area contributed by atoms with E-state index < -0.39 is 0 Å². The largest absolute Gasteiger partial charge is 0.496 e. The van der Waals surface area contributed by atoms with Crippen LogP contribution in [0.5, 0.6) is 5.75 Å². The Hall–Kier alpha value is -2.73. The fourth-order valence-corrected chi connectivity index (χ4v) is 3.85. The van der Waals surface area contributed by atoms with E-state index in [1.165, 1.54) is 0 Å². The Morgan fingerprint density at radius 1 is 1.36 bits per heavy atom. The normalized spacial score (nSPS) is 16.9. The van der Waals surface area contributed by atoms with Crippen molar-refractivity contribution in [1.82, 2.24) is 15.3 Å². The van der Waals surface area contributed by atoms with E-state index in [1.54, 1.807) is 7.11 Å². The molecule has 0 aliphatic carbocycles. The summed E-state index contributed by atoms with van der Waals surface area (Å²) in [5.74, 6) is 1.57. The van der Waals surface area contributed by atoms with E-state index in [2.05, 4.69) is 20.2 Å². The molecule has 1 saturated heterocycles. The van der Waals surface area contributed by atoms with Gasteiger partial charge in [0.2, 0.25) is 11.9 Å². The minimum absolute atomic E-state index is 0.0646. The maximum Gasteiger partial charge on any atom is 0.225 e. The van der Waals surface area contributed by atoms with Gasteiger partial charge >= 0.3 is 0 Å². The minimum atomic E-state index is -0.0692. The second-order valence-electron chi connectivity index (χ2n) is 7.04. The van der Waals surface area contributed by atoms with Crippen molar-refractivity contribution in [3.63, 3.8) is 0 Å². The number of aromatic nitrogens is 2. The molecule has 0 saturated carbocycles. The van der Waals surface area contributed by atoms with Crippen LogP contribution in [0.1, 0.15) is 18.4 Å². The summed E-state index contributed by atoms with van der Waals surface area (Å²) in [6.45, 7) is 1.98. The molecule has 1 aliphatic heterocycles. The number of hydrogen-bond donors (Lipinski definition) is 2. The van der Waals surface area contributed by atoms with Gasteiger partial charge in [-0.2, -0.15) is 0 Å². The lowest BCUT2D eigenvalue weighted by atomic mass is 9.97. The number of amides is 1. The van der Waals surface area contributed by atoms with Crippen LogP contribution in [0.3, 0.4) is 0 Å². The van der Waals surface area contributed by atoms with Crippen molar-refractivity contribution in [2.24, 2.45) is 5.92 Å². The van der Waals surface area contributed by atoms with Crippen molar-refractivity contribution < 1.29 is 9.53 Å². The number of fused-ring (bicyclic) bond motifs is 1. The van der Waals surface area contributed by atoms with Crippen LogP contribution in [-0.2, 0) is 11.3 Å². The maximum absolute atomic E-state index is 12.7. The highest BCUT2D eigenvalue weighted by molar-refractivity contribution is 6.31. The summed E-state index contributed by atoms with van der Waals surface area (Å²) in [5, 5.41) is 3.73. The number of H-pyrrole nitrogens is 1. The summed E-state index contributed by atoms with van der Waals surface area (Å²) < 4.78 is 5.35. The van der Waals surface area contributed by atoms with Crippen molar-refractivity contribution in [2.45, 2.75) is 19.4 Å². The first-order valence-corrected chi connectivity index (χ1v) is 9.81. The number of rotatable bonds is 5. The standard InChI is InChI=1S/C21H23ClN4O2/c1-28-19-7-3-2-5-14(19)12-23-20(27)15-6-4-10-26(13-15)21-24-17-9-8-16(22)11-18(17)25-21/h2-3,5,7-9,11,15H,4,6,10,12-13H2,1H3,(H,23,27)(H,24,25)/t15-/m1/s1. The first-order chi connectivity index (χ1) is 13.6. The number of nitrogens with one attached hydrogen (secondary N) is 2. The Morgan fingerprint density at radius 3 is 3.07 bits per heavy atom. The van der Waals surface area contributed by atoms with Crippen molar-refractivity contribution in [2.75, 3.05) is 25.1 Å². The zero-order chi connectivity index (χ0) is 19.5. The van der Waals surface area contributed by atoms with Crippen molar-refractivity contribution in [3.8, 4) is 5.75 Å². The van der Waals surface area contributed by atoms with Crippen molar-refractivity contribution >= 4 is 34.5 Å². The van der Waals surface area contributed by atoms with Gasteiger partial charge < -0.3 is 19.9 Å². The van der Waals surface area contributed by atoms with E-state index in [9.17, 15) is 4.79 Å². The Balaban J connectivity index is 1.41. The number of piperidine rings is 1. The van der Waals surface area contributed by atoms with E-state index in [-0.39, 0.29) is 11.8 Å². The van der Waals surface area contributed by atoms with Gasteiger partial charge in [0.15, 0.2) is 0 Å². The Bertz CT molecular complexity index is 987. The van der Waals surface area contributed by atoms with Gasteiger partial charge in [0.1, 0.15) is 5.75 Å². The summed E-state index contributed by atoms with van der Waals surface area (Å²) in [6, 6.07) is 13.3. The SMILES string of the molecule is COc1ccccc1CNC(=O)[C@@H]1CCCN(c2nc3ccc(Cl)cc3[nH]2)C1. The van der Waals surface area contributed by atoms with Gasteiger partial charge in [-0.25, -0.2) is 4.98 Å². The fraction of sp³-hybridized carbons (Fsp3) is 0.333. The third kappa shape index (κ3) is 3.92. The number of carbonyl (C=O) groups excluding carboxylic acids is 1. The number of nitrogens with zero attached hydrogens (tertiary/aromatic N) is 2. The molecule has 6 nitrogen and oxygen atoms in total. The highest BCUT2D eigenvalue weighted by Gasteiger charge is 2.27. The first-order valence-electron chi connectivity index (χ1n) is 9.44. The smallest absolute Gasteiger partial charge is 0.225 e. The average Bonchev–Trinajstić information content (AvgIpc) is 3.15. The third-order valence-electron chi connectivity index (χ3n) is 5.17. The first kappa shape index (κ1) is 18.6. The minimum Gasteiger partial charge on any atom is -0.496 e. The number of halogens is 1.